The van der Waals surface area contributed by atoms with E-state index in [2.05, 4.69) is 6.92 Å². The molecule has 1 amide bonds. The smallest absolute Gasteiger partial charge is 0.258 e. The zero-order valence-corrected chi connectivity index (χ0v) is 11.0. The topological polar surface area (TPSA) is 33.5 Å². The van der Waals surface area contributed by atoms with Gasteiger partial charge in [-0.2, -0.15) is 0 Å². The fraction of sp³-hybridized carbons (Fsp3) is 0.615. The molecule has 2 atom stereocenters. The van der Waals surface area contributed by atoms with Crippen LogP contribution in [0.2, 0.25) is 5.22 Å². The maximum absolute atomic E-state index is 12.2. The number of carbonyl (C=O) groups excluding carboxylic acids is 1. The molecule has 1 aromatic heterocycles. The molecule has 4 heteroatoms. The Morgan fingerprint density at radius 3 is 2.88 bits per heavy atom. The molecular formula is C13H18ClNO2. The van der Waals surface area contributed by atoms with Crippen LogP contribution in [0.3, 0.4) is 0 Å². The first kappa shape index (κ1) is 12.5. The molecule has 0 saturated heterocycles. The average molecular weight is 256 g/mol. The highest BCUT2D eigenvalue weighted by molar-refractivity contribution is 6.32. The van der Waals surface area contributed by atoms with E-state index in [1.54, 1.807) is 6.07 Å². The van der Waals surface area contributed by atoms with Crippen molar-refractivity contribution >= 4 is 17.5 Å². The van der Waals surface area contributed by atoms with Crippen molar-refractivity contribution in [2.45, 2.75) is 38.6 Å². The molecule has 1 aliphatic rings. The Balaban J connectivity index is 2.07. The predicted molar refractivity (Wildman–Crippen MR) is 67.2 cm³/mol. The minimum atomic E-state index is -0.0390. The van der Waals surface area contributed by atoms with Gasteiger partial charge in [0.1, 0.15) is 0 Å². The summed E-state index contributed by atoms with van der Waals surface area (Å²) in [4.78, 5) is 14.0. The van der Waals surface area contributed by atoms with Gasteiger partial charge in [0.2, 0.25) is 5.22 Å². The number of carbonyl (C=O) groups is 1. The number of halogens is 1. The Kier molecular flexibility index (Phi) is 3.77. The molecule has 1 heterocycles. The fourth-order valence-electron chi connectivity index (χ4n) is 2.56. The van der Waals surface area contributed by atoms with E-state index in [9.17, 15) is 4.79 Å². The van der Waals surface area contributed by atoms with E-state index < -0.39 is 0 Å². The van der Waals surface area contributed by atoms with E-state index >= 15 is 0 Å². The number of hydrogen-bond acceptors (Lipinski definition) is 2. The third-order valence-corrected chi connectivity index (χ3v) is 3.92. The summed E-state index contributed by atoms with van der Waals surface area (Å²) in [6.07, 6.45) is 6.08. The molecule has 2 rings (SSSR count). The van der Waals surface area contributed by atoms with Crippen LogP contribution in [0.5, 0.6) is 0 Å². The Bertz CT molecular complexity index is 402. The highest BCUT2D eigenvalue weighted by atomic mass is 35.5. The Morgan fingerprint density at radius 1 is 1.53 bits per heavy atom. The van der Waals surface area contributed by atoms with Gasteiger partial charge in [-0.1, -0.05) is 19.8 Å². The summed E-state index contributed by atoms with van der Waals surface area (Å²) in [7, 11) is 1.86. The van der Waals surface area contributed by atoms with E-state index in [0.29, 0.717) is 17.5 Å². The monoisotopic (exact) mass is 255 g/mol. The molecule has 0 aromatic carbocycles. The summed E-state index contributed by atoms with van der Waals surface area (Å²) in [5.74, 6) is 0.659. The second-order valence-electron chi connectivity index (χ2n) is 4.95. The minimum absolute atomic E-state index is 0.0390. The molecule has 1 fully saturated rings. The second-order valence-corrected chi connectivity index (χ2v) is 5.29. The molecule has 0 N–H and O–H groups in total. The molecule has 1 aliphatic carbocycles. The zero-order valence-electron chi connectivity index (χ0n) is 10.3. The Morgan fingerprint density at radius 2 is 2.29 bits per heavy atom. The van der Waals surface area contributed by atoms with Gasteiger partial charge in [-0.05, 0) is 36.4 Å². The maximum atomic E-state index is 12.2. The molecular weight excluding hydrogens is 238 g/mol. The van der Waals surface area contributed by atoms with E-state index in [1.165, 1.54) is 19.1 Å². The van der Waals surface area contributed by atoms with Crippen molar-refractivity contribution in [1.29, 1.82) is 0 Å². The summed E-state index contributed by atoms with van der Waals surface area (Å²) in [5.41, 5.74) is 0.465. The quantitative estimate of drug-likeness (QED) is 0.809. The van der Waals surface area contributed by atoms with Crippen LogP contribution in [0.1, 0.15) is 43.0 Å². The van der Waals surface area contributed by atoms with E-state index in [4.69, 9.17) is 16.0 Å². The van der Waals surface area contributed by atoms with Gasteiger partial charge in [-0.15, -0.1) is 0 Å². The lowest BCUT2D eigenvalue weighted by Gasteiger charge is -2.34. The largest absolute Gasteiger partial charge is 0.452 e. The van der Waals surface area contributed by atoms with Crippen molar-refractivity contribution in [3.63, 3.8) is 0 Å². The van der Waals surface area contributed by atoms with Gasteiger partial charge in [0.25, 0.3) is 5.91 Å². The number of furan rings is 1. The van der Waals surface area contributed by atoms with Crippen molar-refractivity contribution < 1.29 is 9.21 Å². The molecule has 0 aliphatic heterocycles. The van der Waals surface area contributed by atoms with Crippen LogP contribution in [0.25, 0.3) is 0 Å². The third-order valence-electron chi connectivity index (χ3n) is 3.63. The van der Waals surface area contributed by atoms with Crippen LogP contribution in [0, 0.1) is 5.92 Å². The zero-order chi connectivity index (χ0) is 12.4. The van der Waals surface area contributed by atoms with E-state index in [0.717, 1.165) is 12.8 Å². The molecule has 94 valence electrons. The van der Waals surface area contributed by atoms with Gasteiger partial charge in [0.15, 0.2) is 0 Å². The standard InChI is InChI=1S/C13H18ClNO2/c1-9-4-3-5-10(8-9)15(2)13(16)11-6-7-17-12(11)14/h6-7,9-10H,3-5,8H2,1-2H3. The highest BCUT2D eigenvalue weighted by Crippen LogP contribution is 2.28. The molecule has 0 spiro atoms. The van der Waals surface area contributed by atoms with Gasteiger partial charge in [-0.25, -0.2) is 0 Å². The lowest BCUT2D eigenvalue weighted by atomic mass is 9.86. The van der Waals surface area contributed by atoms with Crippen LogP contribution in [-0.4, -0.2) is 23.9 Å². The van der Waals surface area contributed by atoms with E-state index in [-0.39, 0.29) is 11.1 Å². The van der Waals surface area contributed by atoms with Crippen LogP contribution >= 0.6 is 11.6 Å². The Labute approximate surface area is 107 Å². The first-order valence-electron chi connectivity index (χ1n) is 6.09. The average Bonchev–Trinajstić information content (AvgIpc) is 2.73. The van der Waals surface area contributed by atoms with Gasteiger partial charge in [-0.3, -0.25) is 4.79 Å². The molecule has 3 nitrogen and oxygen atoms in total. The van der Waals surface area contributed by atoms with Crippen molar-refractivity contribution in [2.75, 3.05) is 7.05 Å². The maximum Gasteiger partial charge on any atom is 0.258 e. The third kappa shape index (κ3) is 2.65. The summed E-state index contributed by atoms with van der Waals surface area (Å²) in [5, 5.41) is 0.186. The van der Waals surface area contributed by atoms with Crippen LogP contribution in [0.4, 0.5) is 0 Å². The van der Waals surface area contributed by atoms with Crippen LogP contribution < -0.4 is 0 Å². The molecule has 17 heavy (non-hydrogen) atoms. The molecule has 1 saturated carbocycles. The Hall–Kier alpha value is -0.960. The van der Waals surface area contributed by atoms with Crippen molar-refractivity contribution in [3.05, 3.63) is 23.1 Å². The van der Waals surface area contributed by atoms with Crippen LogP contribution in [-0.2, 0) is 0 Å². The number of rotatable bonds is 2. The highest BCUT2D eigenvalue weighted by Gasteiger charge is 2.27. The normalized spacial score (nSPS) is 24.6. The van der Waals surface area contributed by atoms with Gasteiger partial charge < -0.3 is 9.32 Å². The summed E-state index contributed by atoms with van der Waals surface area (Å²) < 4.78 is 4.96. The molecule has 2 unspecified atom stereocenters. The molecule has 0 radical (unpaired) electrons. The first-order valence-corrected chi connectivity index (χ1v) is 6.47. The summed E-state index contributed by atoms with van der Waals surface area (Å²) >= 11 is 5.83. The van der Waals surface area contributed by atoms with Gasteiger partial charge in [0.05, 0.1) is 11.8 Å². The van der Waals surface area contributed by atoms with Crippen molar-refractivity contribution in [1.82, 2.24) is 4.90 Å². The number of hydrogen-bond donors (Lipinski definition) is 0. The second kappa shape index (κ2) is 5.13. The summed E-state index contributed by atoms with van der Waals surface area (Å²) in [6, 6.07) is 1.96. The number of nitrogens with zero attached hydrogens (tertiary/aromatic N) is 1. The van der Waals surface area contributed by atoms with Crippen molar-refractivity contribution in [3.8, 4) is 0 Å². The summed E-state index contributed by atoms with van der Waals surface area (Å²) in [6.45, 7) is 2.25. The first-order chi connectivity index (χ1) is 8.09. The van der Waals surface area contributed by atoms with E-state index in [1.807, 2.05) is 11.9 Å². The SMILES string of the molecule is CC1CCCC(N(C)C(=O)c2ccoc2Cl)C1. The van der Waals surface area contributed by atoms with Crippen molar-refractivity contribution in [2.24, 2.45) is 5.92 Å². The fourth-order valence-corrected chi connectivity index (χ4v) is 2.75. The lowest BCUT2D eigenvalue weighted by molar-refractivity contribution is 0.0672. The van der Waals surface area contributed by atoms with Crippen LogP contribution in [0.15, 0.2) is 16.7 Å². The molecule has 1 aromatic rings. The minimum Gasteiger partial charge on any atom is -0.452 e. The predicted octanol–water partition coefficient (Wildman–Crippen LogP) is 3.58. The van der Waals surface area contributed by atoms with Gasteiger partial charge >= 0.3 is 0 Å². The lowest BCUT2D eigenvalue weighted by Crippen LogP contribution is -2.39. The molecule has 0 bridgehead atoms. The van der Waals surface area contributed by atoms with Gasteiger partial charge in [0, 0.05) is 13.1 Å². The number of amides is 1.